The standard InChI is InChI=1S/C13H11F2N3O3/c1-7-4-11(18-21-7)17-13(20)6-12(19)16-10-3-2-8(14)5-9(10)15/h2-5H,6H2,1H3,(H,16,19)(H,17,18,20). The number of benzene rings is 1. The summed E-state index contributed by atoms with van der Waals surface area (Å²) in [6.45, 7) is 1.65. The molecule has 0 bridgehead atoms. The summed E-state index contributed by atoms with van der Waals surface area (Å²) in [5, 5.41) is 8.05. The number of hydrogen-bond acceptors (Lipinski definition) is 4. The first-order chi connectivity index (χ1) is 9.94. The highest BCUT2D eigenvalue weighted by atomic mass is 19.1. The molecule has 0 unspecified atom stereocenters. The van der Waals surface area contributed by atoms with E-state index in [0.717, 1.165) is 12.1 Å². The van der Waals surface area contributed by atoms with Gasteiger partial charge >= 0.3 is 0 Å². The second kappa shape index (κ2) is 6.12. The van der Waals surface area contributed by atoms with Crippen LogP contribution < -0.4 is 10.6 Å². The molecule has 8 heteroatoms. The van der Waals surface area contributed by atoms with Crippen molar-refractivity contribution in [1.82, 2.24) is 5.16 Å². The van der Waals surface area contributed by atoms with Crippen LogP contribution in [0, 0.1) is 18.6 Å². The number of carbonyl (C=O) groups is 2. The molecule has 2 rings (SSSR count). The zero-order valence-electron chi connectivity index (χ0n) is 10.9. The van der Waals surface area contributed by atoms with Crippen LogP contribution in [-0.4, -0.2) is 17.0 Å². The average molecular weight is 295 g/mol. The second-order valence-electron chi connectivity index (χ2n) is 4.22. The van der Waals surface area contributed by atoms with Gasteiger partial charge in [-0.2, -0.15) is 0 Å². The summed E-state index contributed by atoms with van der Waals surface area (Å²) in [7, 11) is 0. The van der Waals surface area contributed by atoms with Crippen LogP contribution in [-0.2, 0) is 9.59 Å². The summed E-state index contributed by atoms with van der Waals surface area (Å²) in [4.78, 5) is 23.1. The van der Waals surface area contributed by atoms with Crippen molar-refractivity contribution in [1.29, 1.82) is 0 Å². The molecule has 0 spiro atoms. The topological polar surface area (TPSA) is 84.2 Å². The van der Waals surface area contributed by atoms with Gasteiger partial charge in [-0.05, 0) is 19.1 Å². The Balaban J connectivity index is 1.90. The van der Waals surface area contributed by atoms with Crippen LogP contribution in [0.2, 0.25) is 0 Å². The number of nitrogens with one attached hydrogen (secondary N) is 2. The van der Waals surface area contributed by atoms with Gasteiger partial charge in [-0.1, -0.05) is 5.16 Å². The van der Waals surface area contributed by atoms with Crippen LogP contribution in [0.4, 0.5) is 20.3 Å². The molecule has 0 aliphatic carbocycles. The molecule has 0 saturated heterocycles. The van der Waals surface area contributed by atoms with E-state index < -0.39 is 29.9 Å². The number of amides is 2. The number of rotatable bonds is 4. The molecule has 21 heavy (non-hydrogen) atoms. The molecule has 0 fully saturated rings. The zero-order valence-corrected chi connectivity index (χ0v) is 10.9. The summed E-state index contributed by atoms with van der Waals surface area (Å²) in [6, 6.07) is 4.18. The van der Waals surface area contributed by atoms with Gasteiger partial charge in [0.25, 0.3) is 0 Å². The Hall–Kier alpha value is -2.77. The first kappa shape index (κ1) is 14.6. The molecule has 0 atom stereocenters. The third-order valence-corrected chi connectivity index (χ3v) is 2.42. The maximum absolute atomic E-state index is 13.3. The highest BCUT2D eigenvalue weighted by molar-refractivity contribution is 6.07. The first-order valence-electron chi connectivity index (χ1n) is 5.92. The predicted molar refractivity (Wildman–Crippen MR) is 69.5 cm³/mol. The minimum Gasteiger partial charge on any atom is -0.360 e. The van der Waals surface area contributed by atoms with Gasteiger partial charge in [0.05, 0.1) is 5.69 Å². The smallest absolute Gasteiger partial charge is 0.235 e. The monoisotopic (exact) mass is 295 g/mol. The number of aryl methyl sites for hydroxylation is 1. The Morgan fingerprint density at radius 3 is 2.52 bits per heavy atom. The molecule has 0 aliphatic heterocycles. The fraction of sp³-hybridized carbons (Fsp3) is 0.154. The summed E-state index contributed by atoms with van der Waals surface area (Å²) >= 11 is 0. The number of aromatic nitrogens is 1. The van der Waals surface area contributed by atoms with Crippen molar-refractivity contribution in [3.05, 3.63) is 41.7 Å². The highest BCUT2D eigenvalue weighted by Gasteiger charge is 2.13. The van der Waals surface area contributed by atoms with Crippen LogP contribution in [0.25, 0.3) is 0 Å². The molecule has 6 nitrogen and oxygen atoms in total. The van der Waals surface area contributed by atoms with Crippen molar-refractivity contribution in [2.75, 3.05) is 10.6 Å². The maximum Gasteiger partial charge on any atom is 0.235 e. The van der Waals surface area contributed by atoms with E-state index in [2.05, 4.69) is 15.8 Å². The van der Waals surface area contributed by atoms with Gasteiger partial charge in [0.2, 0.25) is 11.8 Å². The summed E-state index contributed by atoms with van der Waals surface area (Å²) in [5.74, 6) is -2.37. The molecule has 1 aromatic heterocycles. The van der Waals surface area contributed by atoms with E-state index >= 15 is 0 Å². The van der Waals surface area contributed by atoms with E-state index in [9.17, 15) is 18.4 Å². The van der Waals surface area contributed by atoms with E-state index in [0.29, 0.717) is 11.8 Å². The molecule has 0 aliphatic rings. The minimum absolute atomic E-state index is 0.179. The third kappa shape index (κ3) is 4.10. The molecule has 2 amide bonds. The van der Waals surface area contributed by atoms with Crippen LogP contribution in [0.15, 0.2) is 28.8 Å². The van der Waals surface area contributed by atoms with Crippen LogP contribution in [0.3, 0.4) is 0 Å². The average Bonchev–Trinajstić information content (AvgIpc) is 2.78. The molecular formula is C13H11F2N3O3. The van der Waals surface area contributed by atoms with Gasteiger partial charge in [-0.15, -0.1) is 0 Å². The van der Waals surface area contributed by atoms with Gasteiger partial charge in [-0.3, -0.25) is 9.59 Å². The Bertz CT molecular complexity index is 685. The van der Waals surface area contributed by atoms with E-state index in [1.54, 1.807) is 6.92 Å². The van der Waals surface area contributed by atoms with Crippen molar-refractivity contribution in [2.24, 2.45) is 0 Å². The SMILES string of the molecule is Cc1cc(NC(=O)CC(=O)Nc2ccc(F)cc2F)no1. The lowest BCUT2D eigenvalue weighted by Crippen LogP contribution is -2.22. The molecule has 0 radical (unpaired) electrons. The van der Waals surface area contributed by atoms with Gasteiger partial charge in [0, 0.05) is 12.1 Å². The zero-order chi connectivity index (χ0) is 15.4. The lowest BCUT2D eigenvalue weighted by atomic mass is 10.2. The van der Waals surface area contributed by atoms with E-state index in [1.807, 2.05) is 0 Å². The lowest BCUT2D eigenvalue weighted by Gasteiger charge is -2.06. The van der Waals surface area contributed by atoms with Crippen molar-refractivity contribution < 1.29 is 22.9 Å². The van der Waals surface area contributed by atoms with Crippen molar-refractivity contribution in [3.8, 4) is 0 Å². The number of halogens is 2. The largest absolute Gasteiger partial charge is 0.360 e. The van der Waals surface area contributed by atoms with E-state index in [4.69, 9.17) is 4.52 Å². The van der Waals surface area contributed by atoms with Gasteiger partial charge in [0.15, 0.2) is 5.82 Å². The van der Waals surface area contributed by atoms with Gasteiger partial charge < -0.3 is 15.2 Å². The summed E-state index contributed by atoms with van der Waals surface area (Å²) < 4.78 is 30.8. The Kier molecular flexibility index (Phi) is 4.27. The Morgan fingerprint density at radius 1 is 1.19 bits per heavy atom. The second-order valence-corrected chi connectivity index (χ2v) is 4.22. The van der Waals surface area contributed by atoms with Crippen molar-refractivity contribution >= 4 is 23.3 Å². The molecule has 0 saturated carbocycles. The quantitative estimate of drug-likeness (QED) is 0.847. The third-order valence-electron chi connectivity index (χ3n) is 2.42. The Morgan fingerprint density at radius 2 is 1.90 bits per heavy atom. The number of nitrogens with zero attached hydrogens (tertiary/aromatic N) is 1. The van der Waals surface area contributed by atoms with Crippen molar-refractivity contribution in [3.63, 3.8) is 0 Å². The van der Waals surface area contributed by atoms with Crippen LogP contribution in [0.5, 0.6) is 0 Å². The number of anilines is 2. The summed E-state index contributed by atoms with van der Waals surface area (Å²) in [6.07, 6.45) is -0.539. The first-order valence-corrected chi connectivity index (χ1v) is 5.92. The molecule has 1 aromatic carbocycles. The maximum atomic E-state index is 13.3. The minimum atomic E-state index is -0.920. The fourth-order valence-electron chi connectivity index (χ4n) is 1.54. The molecule has 1 heterocycles. The fourth-order valence-corrected chi connectivity index (χ4v) is 1.54. The highest BCUT2D eigenvalue weighted by Crippen LogP contribution is 2.15. The van der Waals surface area contributed by atoms with Crippen LogP contribution in [0.1, 0.15) is 12.2 Å². The normalized spacial score (nSPS) is 10.2. The summed E-state index contributed by atoms with van der Waals surface area (Å²) in [5.41, 5.74) is -0.202. The van der Waals surface area contributed by atoms with Crippen molar-refractivity contribution in [2.45, 2.75) is 13.3 Å². The number of hydrogen-bond donors (Lipinski definition) is 2. The Labute approximate surface area is 118 Å². The molecule has 2 N–H and O–H groups in total. The van der Waals surface area contributed by atoms with Gasteiger partial charge in [0.1, 0.15) is 23.8 Å². The lowest BCUT2D eigenvalue weighted by molar-refractivity contribution is -0.123. The molecule has 110 valence electrons. The predicted octanol–water partition coefficient (Wildman–Crippen LogP) is 2.23. The van der Waals surface area contributed by atoms with Gasteiger partial charge in [-0.25, -0.2) is 8.78 Å². The number of carbonyl (C=O) groups excluding carboxylic acids is 2. The van der Waals surface area contributed by atoms with E-state index in [1.165, 1.54) is 6.07 Å². The molecular weight excluding hydrogens is 284 g/mol. The van der Waals surface area contributed by atoms with E-state index in [-0.39, 0.29) is 11.5 Å². The molecule has 2 aromatic rings. The van der Waals surface area contributed by atoms with Crippen LogP contribution >= 0.6 is 0 Å².